The van der Waals surface area contributed by atoms with E-state index in [2.05, 4.69) is 4.74 Å². The van der Waals surface area contributed by atoms with Crippen molar-refractivity contribution in [3.05, 3.63) is 12.2 Å². The third-order valence-corrected chi connectivity index (χ3v) is 1.56. The minimum absolute atomic E-state index is 0. The van der Waals surface area contributed by atoms with E-state index in [1.807, 2.05) is 6.92 Å². The molecule has 0 rings (SSSR count). The molecule has 78 valence electrons. The molecule has 3 heteroatoms. The van der Waals surface area contributed by atoms with Gasteiger partial charge < -0.3 is 9.84 Å². The lowest BCUT2D eigenvalue weighted by molar-refractivity contribution is -0.139. The first kappa shape index (κ1) is 14.7. The second-order valence-corrected chi connectivity index (χ2v) is 2.55. The molecule has 0 aromatic rings. The topological polar surface area (TPSA) is 46.5 Å². The van der Waals surface area contributed by atoms with E-state index in [4.69, 9.17) is 5.11 Å². The number of aliphatic hydroxyl groups excluding tert-OH is 1. The minimum Gasteiger partial charge on any atom is -0.469 e. The van der Waals surface area contributed by atoms with Crippen LogP contribution in [0.15, 0.2) is 12.2 Å². The highest BCUT2D eigenvalue weighted by Gasteiger charge is 1.97. The Balaban J connectivity index is 0. The number of methoxy groups -OCH3 is 1. The van der Waals surface area contributed by atoms with Gasteiger partial charge in [0.15, 0.2) is 0 Å². The van der Waals surface area contributed by atoms with Gasteiger partial charge in [0, 0.05) is 0 Å². The number of carbonyl (C=O) groups is 1. The molecule has 3 nitrogen and oxygen atoms in total. The molecule has 0 aliphatic heterocycles. The molecule has 1 N–H and O–H groups in total. The van der Waals surface area contributed by atoms with Gasteiger partial charge in [-0.2, -0.15) is 0 Å². The minimum atomic E-state index is -0.293. The van der Waals surface area contributed by atoms with Crippen molar-refractivity contribution in [1.82, 2.24) is 0 Å². The highest BCUT2D eigenvalue weighted by molar-refractivity contribution is 5.70. The highest BCUT2D eigenvalue weighted by atomic mass is 16.5. The van der Waals surface area contributed by atoms with Crippen molar-refractivity contribution in [2.24, 2.45) is 0 Å². The Labute approximate surface area is 80.4 Å². The van der Waals surface area contributed by atoms with Gasteiger partial charge in [-0.15, -0.1) is 0 Å². The van der Waals surface area contributed by atoms with Crippen molar-refractivity contribution in [2.75, 3.05) is 7.11 Å². The third kappa shape index (κ3) is 9.08. The predicted octanol–water partition coefficient (Wildman–Crippen LogP) is 1.90. The van der Waals surface area contributed by atoms with Crippen molar-refractivity contribution in [2.45, 2.75) is 39.7 Å². The maximum Gasteiger partial charge on any atom is 0.309 e. The molecular formula is C10H20O3. The number of aliphatic hydroxyl groups is 1. The van der Waals surface area contributed by atoms with E-state index in [9.17, 15) is 4.79 Å². The second-order valence-electron chi connectivity index (χ2n) is 2.55. The van der Waals surface area contributed by atoms with Gasteiger partial charge in [-0.25, -0.2) is 0 Å². The summed E-state index contributed by atoms with van der Waals surface area (Å²) in [6, 6.07) is 0. The average Bonchev–Trinajstić information content (AvgIpc) is 2.11. The standard InChI is InChI=1S/C9H16O3.CH4/c1-3-8(10)6-4-5-7-9(11)12-2;/h4-5,8,10H,3,6-7H2,1-2H3;1H4/b5-4-;. The molecule has 0 aliphatic rings. The Morgan fingerprint density at radius 2 is 2.15 bits per heavy atom. The van der Waals surface area contributed by atoms with Crippen molar-refractivity contribution in [3.63, 3.8) is 0 Å². The van der Waals surface area contributed by atoms with Crippen LogP contribution in [0.1, 0.15) is 33.6 Å². The molecule has 0 radical (unpaired) electrons. The van der Waals surface area contributed by atoms with Gasteiger partial charge in [0.05, 0.1) is 19.6 Å². The summed E-state index contributed by atoms with van der Waals surface area (Å²) in [5.74, 6) is -0.253. The fraction of sp³-hybridized carbons (Fsp3) is 0.700. The maximum absolute atomic E-state index is 10.6. The molecule has 0 heterocycles. The Morgan fingerprint density at radius 3 is 2.62 bits per heavy atom. The number of hydrogen-bond acceptors (Lipinski definition) is 3. The summed E-state index contributed by atoms with van der Waals surface area (Å²) < 4.78 is 4.43. The number of carbonyl (C=O) groups excluding carboxylic acids is 1. The lowest BCUT2D eigenvalue weighted by Crippen LogP contribution is -2.02. The van der Waals surface area contributed by atoms with Crippen LogP contribution in [0.5, 0.6) is 0 Å². The van der Waals surface area contributed by atoms with Crippen LogP contribution < -0.4 is 0 Å². The van der Waals surface area contributed by atoms with E-state index in [0.717, 1.165) is 6.42 Å². The van der Waals surface area contributed by atoms with Crippen molar-refractivity contribution < 1.29 is 14.6 Å². The molecule has 0 aliphatic carbocycles. The van der Waals surface area contributed by atoms with E-state index in [1.54, 1.807) is 12.2 Å². The van der Waals surface area contributed by atoms with Crippen LogP contribution in [0.4, 0.5) is 0 Å². The second kappa shape index (κ2) is 9.26. The molecule has 13 heavy (non-hydrogen) atoms. The summed E-state index contributed by atoms with van der Waals surface area (Å²) in [7, 11) is 1.36. The van der Waals surface area contributed by atoms with Crippen LogP contribution in [0.3, 0.4) is 0 Å². The third-order valence-electron chi connectivity index (χ3n) is 1.56. The Kier molecular flexibility index (Phi) is 10.5. The van der Waals surface area contributed by atoms with Gasteiger partial charge in [0.25, 0.3) is 0 Å². The number of hydrogen-bond donors (Lipinski definition) is 1. The molecular weight excluding hydrogens is 168 g/mol. The number of rotatable bonds is 5. The Bertz CT molecular complexity index is 152. The van der Waals surface area contributed by atoms with Crippen LogP contribution in [-0.4, -0.2) is 24.3 Å². The van der Waals surface area contributed by atoms with Crippen molar-refractivity contribution in [1.29, 1.82) is 0 Å². The summed E-state index contributed by atoms with van der Waals surface area (Å²) in [5, 5.41) is 9.11. The Morgan fingerprint density at radius 1 is 1.54 bits per heavy atom. The summed E-state index contributed by atoms with van der Waals surface area (Å²) in [6.45, 7) is 1.92. The van der Waals surface area contributed by atoms with Crippen LogP contribution in [0.25, 0.3) is 0 Å². The van der Waals surface area contributed by atoms with Gasteiger partial charge in [0.2, 0.25) is 0 Å². The Hall–Kier alpha value is -0.830. The van der Waals surface area contributed by atoms with Gasteiger partial charge >= 0.3 is 5.97 Å². The first-order valence-corrected chi connectivity index (χ1v) is 4.10. The van der Waals surface area contributed by atoms with E-state index >= 15 is 0 Å². The number of esters is 1. The predicted molar refractivity (Wildman–Crippen MR) is 53.4 cm³/mol. The van der Waals surface area contributed by atoms with Crippen LogP contribution in [-0.2, 0) is 9.53 Å². The average molecular weight is 188 g/mol. The fourth-order valence-corrected chi connectivity index (χ4v) is 0.683. The largest absolute Gasteiger partial charge is 0.469 e. The molecule has 0 bridgehead atoms. The van der Waals surface area contributed by atoms with Gasteiger partial charge in [-0.05, 0) is 12.8 Å². The molecule has 0 saturated heterocycles. The molecule has 0 spiro atoms. The van der Waals surface area contributed by atoms with Gasteiger partial charge in [-0.1, -0.05) is 26.5 Å². The quantitative estimate of drug-likeness (QED) is 0.529. The van der Waals surface area contributed by atoms with Gasteiger partial charge in [0.1, 0.15) is 0 Å². The highest BCUT2D eigenvalue weighted by Crippen LogP contribution is 1.98. The van der Waals surface area contributed by atoms with Gasteiger partial charge in [-0.3, -0.25) is 4.79 Å². The zero-order valence-electron chi connectivity index (χ0n) is 7.62. The summed E-state index contributed by atoms with van der Waals surface area (Å²) in [6.07, 6.45) is 4.85. The maximum atomic E-state index is 10.6. The van der Waals surface area contributed by atoms with E-state index in [-0.39, 0.29) is 25.9 Å². The fourth-order valence-electron chi connectivity index (χ4n) is 0.683. The van der Waals surface area contributed by atoms with Crippen LogP contribution in [0, 0.1) is 0 Å². The van der Waals surface area contributed by atoms with Crippen molar-refractivity contribution >= 4 is 5.97 Å². The zero-order chi connectivity index (χ0) is 9.40. The zero-order valence-corrected chi connectivity index (χ0v) is 7.62. The normalized spacial score (nSPS) is 12.2. The SMILES string of the molecule is C.CCC(O)C/C=C\CC(=O)OC. The first-order valence-electron chi connectivity index (χ1n) is 4.10. The van der Waals surface area contributed by atoms with Crippen molar-refractivity contribution in [3.8, 4) is 0 Å². The first-order chi connectivity index (χ1) is 5.70. The molecule has 1 atom stereocenters. The molecule has 0 aromatic carbocycles. The van der Waals surface area contributed by atoms with E-state index in [0.29, 0.717) is 6.42 Å². The molecule has 0 aromatic heterocycles. The monoisotopic (exact) mass is 188 g/mol. The summed E-state index contributed by atoms with van der Waals surface area (Å²) >= 11 is 0. The van der Waals surface area contributed by atoms with E-state index < -0.39 is 0 Å². The smallest absolute Gasteiger partial charge is 0.309 e. The van der Waals surface area contributed by atoms with Crippen LogP contribution in [0.2, 0.25) is 0 Å². The van der Waals surface area contributed by atoms with Crippen LogP contribution >= 0.6 is 0 Å². The van der Waals surface area contributed by atoms with E-state index in [1.165, 1.54) is 7.11 Å². The lowest BCUT2D eigenvalue weighted by atomic mass is 10.2. The molecule has 0 amide bonds. The number of ether oxygens (including phenoxy) is 1. The molecule has 0 saturated carbocycles. The molecule has 1 unspecified atom stereocenters. The summed E-state index contributed by atoms with van der Waals surface area (Å²) in [5.41, 5.74) is 0. The lowest BCUT2D eigenvalue weighted by Gasteiger charge is -2.01. The molecule has 0 fully saturated rings. The summed E-state index contributed by atoms with van der Waals surface area (Å²) in [4.78, 5) is 10.6.